The molecule has 0 aliphatic heterocycles. The molecule has 0 atom stereocenters. The molecule has 0 fully saturated rings. The van der Waals surface area contributed by atoms with Gasteiger partial charge in [0.25, 0.3) is 5.91 Å². The number of amides is 1. The van der Waals surface area contributed by atoms with E-state index in [1.807, 2.05) is 43.5 Å². The Bertz CT molecular complexity index is 706. The molecule has 0 spiro atoms. The molecule has 3 rings (SSSR count). The number of nitrogens with one attached hydrogen (secondary N) is 2. The Morgan fingerprint density at radius 2 is 1.89 bits per heavy atom. The van der Waals surface area contributed by atoms with Crippen LogP contribution in [0, 0.1) is 13.8 Å². The molecule has 96 valence electrons. The van der Waals surface area contributed by atoms with E-state index in [1.54, 1.807) is 11.3 Å². The van der Waals surface area contributed by atoms with E-state index in [2.05, 4.69) is 16.4 Å². The van der Waals surface area contributed by atoms with Crippen molar-refractivity contribution in [3.05, 3.63) is 52.5 Å². The number of rotatable bonds is 2. The van der Waals surface area contributed by atoms with Gasteiger partial charge in [-0.2, -0.15) is 0 Å². The molecule has 1 amide bonds. The maximum atomic E-state index is 12.2. The van der Waals surface area contributed by atoms with E-state index in [9.17, 15) is 4.79 Å². The van der Waals surface area contributed by atoms with Crippen LogP contribution in [0.25, 0.3) is 10.2 Å². The van der Waals surface area contributed by atoms with Gasteiger partial charge in [0.1, 0.15) is 5.69 Å². The lowest BCUT2D eigenvalue weighted by Gasteiger charge is -2.06. The molecular weight excluding hydrogens is 256 g/mol. The van der Waals surface area contributed by atoms with E-state index in [1.165, 1.54) is 0 Å². The van der Waals surface area contributed by atoms with Gasteiger partial charge in [0.15, 0.2) is 0 Å². The van der Waals surface area contributed by atoms with Gasteiger partial charge >= 0.3 is 0 Å². The fraction of sp³-hybridized carbons (Fsp3) is 0.133. The third-order valence-corrected chi connectivity index (χ3v) is 3.83. The van der Waals surface area contributed by atoms with E-state index < -0.39 is 0 Å². The number of H-pyrrole nitrogens is 1. The predicted octanol–water partition coefficient (Wildman–Crippen LogP) is 4.10. The number of aromatic amines is 1. The summed E-state index contributed by atoms with van der Waals surface area (Å²) in [7, 11) is 0. The molecule has 0 unspecified atom stereocenters. The Balaban J connectivity index is 1.86. The first-order valence-electron chi connectivity index (χ1n) is 6.08. The van der Waals surface area contributed by atoms with Gasteiger partial charge in [0.2, 0.25) is 0 Å². The highest BCUT2D eigenvalue weighted by atomic mass is 32.1. The first kappa shape index (κ1) is 12.0. The summed E-state index contributed by atoms with van der Waals surface area (Å²) >= 11 is 1.63. The highest BCUT2D eigenvalue weighted by Crippen LogP contribution is 2.22. The highest BCUT2D eigenvalue weighted by molar-refractivity contribution is 7.17. The van der Waals surface area contributed by atoms with Crippen molar-refractivity contribution in [3.8, 4) is 0 Å². The second-order valence-corrected chi connectivity index (χ2v) is 5.66. The Labute approximate surface area is 115 Å². The standard InChI is InChI=1S/C15H14N2OS/c1-9-5-10(2)7-11(6-9)16-15(18)13-8-14-12(17-13)3-4-19-14/h3-8,17H,1-2H3,(H,16,18). The number of aryl methyl sites for hydroxylation is 2. The molecule has 0 radical (unpaired) electrons. The quantitative estimate of drug-likeness (QED) is 0.723. The second kappa shape index (κ2) is 4.55. The summed E-state index contributed by atoms with van der Waals surface area (Å²) in [5.41, 5.74) is 4.72. The Hall–Kier alpha value is -2.07. The van der Waals surface area contributed by atoms with Crippen LogP contribution in [-0.4, -0.2) is 10.9 Å². The number of hydrogen-bond acceptors (Lipinski definition) is 2. The molecule has 3 aromatic rings. The monoisotopic (exact) mass is 270 g/mol. The van der Waals surface area contributed by atoms with E-state index in [-0.39, 0.29) is 5.91 Å². The molecule has 0 aliphatic carbocycles. The summed E-state index contributed by atoms with van der Waals surface area (Å²) in [5.74, 6) is -0.103. The number of fused-ring (bicyclic) bond motifs is 1. The van der Waals surface area contributed by atoms with Gasteiger partial charge in [0.05, 0.1) is 10.2 Å². The summed E-state index contributed by atoms with van der Waals surface area (Å²) < 4.78 is 1.10. The zero-order chi connectivity index (χ0) is 13.4. The topological polar surface area (TPSA) is 44.9 Å². The smallest absolute Gasteiger partial charge is 0.272 e. The lowest BCUT2D eigenvalue weighted by Crippen LogP contribution is -2.12. The molecule has 19 heavy (non-hydrogen) atoms. The van der Waals surface area contributed by atoms with Gasteiger partial charge in [0, 0.05) is 5.69 Å². The number of hydrogen-bond donors (Lipinski definition) is 2. The highest BCUT2D eigenvalue weighted by Gasteiger charge is 2.10. The Kier molecular flexibility index (Phi) is 2.87. The Morgan fingerprint density at radius 3 is 2.58 bits per heavy atom. The summed E-state index contributed by atoms with van der Waals surface area (Å²) in [5, 5.41) is 4.93. The number of benzene rings is 1. The van der Waals surface area contributed by atoms with Crippen LogP contribution in [0.15, 0.2) is 35.7 Å². The van der Waals surface area contributed by atoms with Crippen molar-refractivity contribution < 1.29 is 4.79 Å². The van der Waals surface area contributed by atoms with Crippen molar-refractivity contribution in [1.82, 2.24) is 4.98 Å². The SMILES string of the molecule is Cc1cc(C)cc(NC(=O)c2cc3sccc3[nH]2)c1. The van der Waals surface area contributed by atoms with Crippen LogP contribution in [0.5, 0.6) is 0 Å². The molecule has 1 aromatic carbocycles. The van der Waals surface area contributed by atoms with E-state index >= 15 is 0 Å². The van der Waals surface area contributed by atoms with E-state index in [0.29, 0.717) is 5.69 Å². The number of anilines is 1. The maximum absolute atomic E-state index is 12.2. The van der Waals surface area contributed by atoms with Gasteiger partial charge in [-0.1, -0.05) is 6.07 Å². The summed E-state index contributed by atoms with van der Waals surface area (Å²) in [4.78, 5) is 15.3. The maximum Gasteiger partial charge on any atom is 0.272 e. The number of thiophene rings is 1. The van der Waals surface area contributed by atoms with Crippen LogP contribution < -0.4 is 5.32 Å². The summed E-state index contributed by atoms with van der Waals surface area (Å²) in [6.07, 6.45) is 0. The zero-order valence-corrected chi connectivity index (χ0v) is 11.6. The fourth-order valence-electron chi connectivity index (χ4n) is 2.22. The molecule has 0 saturated carbocycles. The molecule has 2 heterocycles. The third kappa shape index (κ3) is 2.39. The lowest BCUT2D eigenvalue weighted by atomic mass is 10.1. The van der Waals surface area contributed by atoms with E-state index in [0.717, 1.165) is 27.0 Å². The van der Waals surface area contributed by atoms with Crippen molar-refractivity contribution in [2.45, 2.75) is 13.8 Å². The molecule has 0 aliphatic rings. The summed E-state index contributed by atoms with van der Waals surface area (Å²) in [6, 6.07) is 9.89. The second-order valence-electron chi connectivity index (χ2n) is 4.71. The predicted molar refractivity (Wildman–Crippen MR) is 80.0 cm³/mol. The van der Waals surface area contributed by atoms with Crippen LogP contribution in [0.4, 0.5) is 5.69 Å². The van der Waals surface area contributed by atoms with Crippen molar-refractivity contribution in [1.29, 1.82) is 0 Å². The fourth-order valence-corrected chi connectivity index (χ4v) is 3.00. The van der Waals surface area contributed by atoms with Crippen LogP contribution in [0.2, 0.25) is 0 Å². The van der Waals surface area contributed by atoms with Crippen molar-refractivity contribution in [2.75, 3.05) is 5.32 Å². The molecule has 0 saturated heterocycles. The zero-order valence-electron chi connectivity index (χ0n) is 10.8. The van der Waals surface area contributed by atoms with Gasteiger partial charge in [-0.3, -0.25) is 4.79 Å². The molecule has 2 N–H and O–H groups in total. The minimum atomic E-state index is -0.103. The van der Waals surface area contributed by atoms with Gasteiger partial charge < -0.3 is 10.3 Å². The molecule has 2 aromatic heterocycles. The first-order valence-corrected chi connectivity index (χ1v) is 6.96. The van der Waals surface area contributed by atoms with Crippen LogP contribution in [0.3, 0.4) is 0 Å². The number of carbonyl (C=O) groups excluding carboxylic acids is 1. The van der Waals surface area contributed by atoms with E-state index in [4.69, 9.17) is 0 Å². The normalized spacial score (nSPS) is 10.8. The summed E-state index contributed by atoms with van der Waals surface area (Å²) in [6.45, 7) is 4.04. The number of carbonyl (C=O) groups is 1. The largest absolute Gasteiger partial charge is 0.350 e. The average molecular weight is 270 g/mol. The minimum absolute atomic E-state index is 0.103. The average Bonchev–Trinajstić information content (AvgIpc) is 2.86. The molecule has 0 bridgehead atoms. The van der Waals surface area contributed by atoms with Gasteiger partial charge in [-0.15, -0.1) is 11.3 Å². The van der Waals surface area contributed by atoms with Crippen molar-refractivity contribution in [3.63, 3.8) is 0 Å². The molecular formula is C15H14N2OS. The third-order valence-electron chi connectivity index (χ3n) is 2.96. The van der Waals surface area contributed by atoms with Crippen LogP contribution in [0.1, 0.15) is 21.6 Å². The van der Waals surface area contributed by atoms with Gasteiger partial charge in [-0.05, 0) is 54.6 Å². The minimum Gasteiger partial charge on any atom is -0.350 e. The van der Waals surface area contributed by atoms with Crippen LogP contribution >= 0.6 is 11.3 Å². The Morgan fingerprint density at radius 1 is 1.16 bits per heavy atom. The van der Waals surface area contributed by atoms with Gasteiger partial charge in [-0.25, -0.2) is 0 Å². The molecule has 4 heteroatoms. The number of aromatic nitrogens is 1. The van der Waals surface area contributed by atoms with Crippen molar-refractivity contribution in [2.24, 2.45) is 0 Å². The lowest BCUT2D eigenvalue weighted by molar-refractivity contribution is 0.102. The first-order chi connectivity index (χ1) is 9.11. The molecule has 3 nitrogen and oxygen atoms in total. The van der Waals surface area contributed by atoms with Crippen molar-refractivity contribution >= 4 is 33.1 Å². The van der Waals surface area contributed by atoms with Crippen LogP contribution in [-0.2, 0) is 0 Å².